The largest absolute Gasteiger partial charge is 0.353 e. The van der Waals surface area contributed by atoms with Crippen LogP contribution < -0.4 is 4.72 Å². The van der Waals surface area contributed by atoms with E-state index in [4.69, 9.17) is 11.6 Å². The first-order valence-corrected chi connectivity index (χ1v) is 7.16. The predicted molar refractivity (Wildman–Crippen MR) is 68.9 cm³/mol. The van der Waals surface area contributed by atoms with Crippen LogP contribution in [0.15, 0.2) is 47.8 Å². The van der Waals surface area contributed by atoms with Crippen LogP contribution in [0.2, 0.25) is 5.15 Å². The number of nitrogens with one attached hydrogen (secondary N) is 1. The molecular formula is C11H12ClN3O2S. The minimum Gasteiger partial charge on any atom is -0.353 e. The quantitative estimate of drug-likeness (QED) is 0.847. The Kier molecular flexibility index (Phi) is 4.00. The number of aromatic nitrogens is 2. The van der Waals surface area contributed by atoms with E-state index < -0.39 is 10.0 Å². The van der Waals surface area contributed by atoms with Crippen molar-refractivity contribution in [3.05, 3.63) is 48.0 Å². The number of nitrogens with zero attached hydrogens (tertiary/aromatic N) is 2. The first-order chi connectivity index (χ1) is 8.58. The fraction of sp³-hybridized carbons (Fsp3) is 0.182. The van der Waals surface area contributed by atoms with Gasteiger partial charge in [0.05, 0.1) is 4.90 Å². The van der Waals surface area contributed by atoms with Crippen LogP contribution in [0.3, 0.4) is 0 Å². The summed E-state index contributed by atoms with van der Waals surface area (Å²) < 4.78 is 28.2. The van der Waals surface area contributed by atoms with Crippen molar-refractivity contribution in [1.29, 1.82) is 0 Å². The van der Waals surface area contributed by atoms with E-state index in [1.807, 2.05) is 29.1 Å². The Morgan fingerprint density at radius 3 is 2.72 bits per heavy atom. The third-order valence-electron chi connectivity index (χ3n) is 2.34. The second-order valence-corrected chi connectivity index (χ2v) is 5.79. The molecule has 0 unspecified atom stereocenters. The molecule has 0 saturated heterocycles. The molecule has 0 saturated carbocycles. The van der Waals surface area contributed by atoms with Crippen molar-refractivity contribution in [1.82, 2.24) is 14.3 Å². The number of hydrogen-bond donors (Lipinski definition) is 1. The molecule has 0 fully saturated rings. The summed E-state index contributed by atoms with van der Waals surface area (Å²) in [6.07, 6.45) is 5.11. The van der Waals surface area contributed by atoms with Crippen molar-refractivity contribution in [3.63, 3.8) is 0 Å². The Labute approximate surface area is 110 Å². The third-order valence-corrected chi connectivity index (χ3v) is 4.00. The fourth-order valence-electron chi connectivity index (χ4n) is 1.46. The van der Waals surface area contributed by atoms with Gasteiger partial charge < -0.3 is 4.57 Å². The van der Waals surface area contributed by atoms with Gasteiger partial charge in [-0.2, -0.15) is 0 Å². The van der Waals surface area contributed by atoms with Gasteiger partial charge in [-0.1, -0.05) is 11.6 Å². The zero-order valence-corrected chi connectivity index (χ0v) is 11.0. The number of halogens is 1. The van der Waals surface area contributed by atoms with Crippen molar-refractivity contribution in [2.24, 2.45) is 0 Å². The Morgan fingerprint density at radius 2 is 2.06 bits per heavy atom. The third kappa shape index (κ3) is 3.32. The summed E-state index contributed by atoms with van der Waals surface area (Å²) in [5, 5.41) is 0.156. The van der Waals surface area contributed by atoms with E-state index in [2.05, 4.69) is 9.71 Å². The van der Waals surface area contributed by atoms with Gasteiger partial charge in [-0.3, -0.25) is 0 Å². The first kappa shape index (κ1) is 13.1. The normalized spacial score (nSPS) is 11.6. The summed E-state index contributed by atoms with van der Waals surface area (Å²) in [7, 11) is -3.52. The second-order valence-electron chi connectivity index (χ2n) is 3.63. The molecule has 0 amide bonds. The first-order valence-electron chi connectivity index (χ1n) is 5.30. The lowest BCUT2D eigenvalue weighted by molar-refractivity contribution is 0.573. The van der Waals surface area contributed by atoms with Crippen LogP contribution in [-0.2, 0) is 16.6 Å². The average molecular weight is 286 g/mol. The lowest BCUT2D eigenvalue weighted by atomic mass is 10.5. The molecule has 7 heteroatoms. The maximum absolute atomic E-state index is 11.9. The molecule has 0 atom stereocenters. The van der Waals surface area contributed by atoms with E-state index in [0.29, 0.717) is 13.1 Å². The van der Waals surface area contributed by atoms with Gasteiger partial charge in [0.15, 0.2) is 0 Å². The van der Waals surface area contributed by atoms with E-state index in [0.717, 1.165) is 0 Å². The van der Waals surface area contributed by atoms with Gasteiger partial charge in [-0.15, -0.1) is 0 Å². The van der Waals surface area contributed by atoms with Crippen LogP contribution >= 0.6 is 11.6 Å². The SMILES string of the molecule is O=S(=O)(NCCn1cccc1)c1ccnc(Cl)c1. The molecule has 0 radical (unpaired) electrons. The molecule has 0 bridgehead atoms. The van der Waals surface area contributed by atoms with Gasteiger partial charge in [-0.05, 0) is 24.3 Å². The Morgan fingerprint density at radius 1 is 1.33 bits per heavy atom. The van der Waals surface area contributed by atoms with E-state index in [1.165, 1.54) is 18.3 Å². The Bertz CT molecular complexity index is 611. The summed E-state index contributed by atoms with van der Waals surface area (Å²) in [4.78, 5) is 3.86. The molecule has 0 aliphatic heterocycles. The van der Waals surface area contributed by atoms with Gasteiger partial charge in [0, 0.05) is 31.7 Å². The minimum atomic E-state index is -3.52. The van der Waals surface area contributed by atoms with Crippen molar-refractivity contribution in [2.75, 3.05) is 6.54 Å². The van der Waals surface area contributed by atoms with Crippen LogP contribution in [0.25, 0.3) is 0 Å². The zero-order valence-electron chi connectivity index (χ0n) is 9.45. The van der Waals surface area contributed by atoms with Crippen molar-refractivity contribution in [2.45, 2.75) is 11.4 Å². The van der Waals surface area contributed by atoms with Crippen molar-refractivity contribution >= 4 is 21.6 Å². The molecule has 0 aliphatic rings. The lowest BCUT2D eigenvalue weighted by Crippen LogP contribution is -2.27. The fourth-order valence-corrected chi connectivity index (χ4v) is 2.74. The summed E-state index contributed by atoms with van der Waals surface area (Å²) in [6, 6.07) is 6.50. The van der Waals surface area contributed by atoms with Crippen molar-refractivity contribution in [3.8, 4) is 0 Å². The van der Waals surface area contributed by atoms with Crippen molar-refractivity contribution < 1.29 is 8.42 Å². The smallest absolute Gasteiger partial charge is 0.240 e. The van der Waals surface area contributed by atoms with E-state index in [1.54, 1.807) is 0 Å². The van der Waals surface area contributed by atoms with Crippen LogP contribution in [0.5, 0.6) is 0 Å². The summed E-state index contributed by atoms with van der Waals surface area (Å²) in [6.45, 7) is 0.891. The molecule has 0 aliphatic carbocycles. The minimum absolute atomic E-state index is 0.120. The van der Waals surface area contributed by atoms with Crippen LogP contribution in [-0.4, -0.2) is 24.5 Å². The highest BCUT2D eigenvalue weighted by Gasteiger charge is 2.13. The molecule has 1 N–H and O–H groups in total. The number of hydrogen-bond acceptors (Lipinski definition) is 3. The molecule has 0 spiro atoms. The predicted octanol–water partition coefficient (Wildman–Crippen LogP) is 1.51. The number of rotatable bonds is 5. The topological polar surface area (TPSA) is 64.0 Å². The van der Waals surface area contributed by atoms with E-state index in [-0.39, 0.29) is 10.0 Å². The molecule has 2 heterocycles. The summed E-state index contributed by atoms with van der Waals surface area (Å²) in [5.41, 5.74) is 0. The van der Waals surface area contributed by atoms with Gasteiger partial charge >= 0.3 is 0 Å². The molecular weight excluding hydrogens is 274 g/mol. The Hall–Kier alpha value is -1.37. The molecule has 2 aromatic heterocycles. The average Bonchev–Trinajstić information content (AvgIpc) is 2.82. The maximum Gasteiger partial charge on any atom is 0.240 e. The van der Waals surface area contributed by atoms with Gasteiger partial charge in [0.2, 0.25) is 10.0 Å². The summed E-state index contributed by atoms with van der Waals surface area (Å²) in [5.74, 6) is 0. The Balaban J connectivity index is 1.99. The monoisotopic (exact) mass is 285 g/mol. The standard InChI is InChI=1S/C11H12ClN3O2S/c12-11-9-10(3-4-13-11)18(16,17)14-5-8-15-6-1-2-7-15/h1-4,6-7,9,14H,5,8H2. The van der Waals surface area contributed by atoms with E-state index in [9.17, 15) is 8.42 Å². The molecule has 5 nitrogen and oxygen atoms in total. The highest BCUT2D eigenvalue weighted by molar-refractivity contribution is 7.89. The second kappa shape index (κ2) is 5.51. The summed E-state index contributed by atoms with van der Waals surface area (Å²) >= 11 is 5.66. The van der Waals surface area contributed by atoms with E-state index >= 15 is 0 Å². The number of pyridine rings is 1. The highest BCUT2D eigenvalue weighted by Crippen LogP contribution is 2.12. The van der Waals surface area contributed by atoms with Crippen LogP contribution in [0, 0.1) is 0 Å². The molecule has 2 rings (SSSR count). The van der Waals surface area contributed by atoms with Crippen LogP contribution in [0.4, 0.5) is 0 Å². The molecule has 2 aromatic rings. The molecule has 96 valence electrons. The van der Waals surface area contributed by atoms with Gasteiger partial charge in [0.25, 0.3) is 0 Å². The highest BCUT2D eigenvalue weighted by atomic mass is 35.5. The van der Waals surface area contributed by atoms with Gasteiger partial charge in [-0.25, -0.2) is 18.1 Å². The zero-order chi connectivity index (χ0) is 13.0. The molecule has 0 aromatic carbocycles. The molecule has 18 heavy (non-hydrogen) atoms. The number of sulfonamides is 1. The van der Waals surface area contributed by atoms with Gasteiger partial charge in [0.1, 0.15) is 5.15 Å². The lowest BCUT2D eigenvalue weighted by Gasteiger charge is -2.07. The van der Waals surface area contributed by atoms with Crippen LogP contribution in [0.1, 0.15) is 0 Å². The maximum atomic E-state index is 11.9.